The van der Waals surface area contributed by atoms with Crippen LogP contribution < -0.4 is 10.6 Å². The third kappa shape index (κ3) is 7.13. The van der Waals surface area contributed by atoms with Crippen LogP contribution in [0.1, 0.15) is 38.5 Å². The van der Waals surface area contributed by atoms with Gasteiger partial charge in [0, 0.05) is 32.2 Å². The van der Waals surface area contributed by atoms with Crippen molar-refractivity contribution in [1.82, 2.24) is 15.5 Å². The van der Waals surface area contributed by atoms with Gasteiger partial charge in [-0.2, -0.15) is 0 Å². The molecule has 2 fully saturated rings. The molecule has 1 heterocycles. The number of likely N-dealkylation sites (N-methyl/N-ethyl adjacent to an activating group) is 1. The second kappa shape index (κ2) is 10.0. The molecule has 0 aromatic heterocycles. The van der Waals surface area contributed by atoms with Crippen LogP contribution in [0, 0.1) is 0 Å². The van der Waals surface area contributed by atoms with Crippen molar-refractivity contribution in [1.29, 1.82) is 0 Å². The first kappa shape index (κ1) is 21.0. The first-order chi connectivity index (χ1) is 10.5. The Morgan fingerprint density at radius 3 is 2.48 bits per heavy atom. The van der Waals surface area contributed by atoms with Crippen LogP contribution >= 0.6 is 24.0 Å². The van der Waals surface area contributed by atoms with Crippen LogP contribution in [-0.4, -0.2) is 70.1 Å². The molecule has 136 valence electrons. The van der Waals surface area contributed by atoms with Crippen LogP contribution in [0.25, 0.3) is 0 Å². The van der Waals surface area contributed by atoms with E-state index >= 15 is 0 Å². The number of aliphatic imine (C=N–C) groups is 1. The number of nitrogens with one attached hydrogen (secondary N) is 2. The van der Waals surface area contributed by atoms with Crippen LogP contribution in [0.15, 0.2) is 4.99 Å². The van der Waals surface area contributed by atoms with Crippen molar-refractivity contribution in [2.45, 2.75) is 50.6 Å². The van der Waals surface area contributed by atoms with Gasteiger partial charge in [0.2, 0.25) is 0 Å². The predicted octanol–water partition coefficient (Wildman–Crippen LogP) is 1.22. The van der Waals surface area contributed by atoms with Crippen molar-refractivity contribution in [3.8, 4) is 0 Å². The lowest BCUT2D eigenvalue weighted by molar-refractivity contribution is 0.194. The highest BCUT2D eigenvalue weighted by Crippen LogP contribution is 2.21. The minimum Gasteiger partial charge on any atom is -0.355 e. The monoisotopic (exact) mass is 458 g/mol. The Labute approximate surface area is 157 Å². The molecule has 1 unspecified atom stereocenters. The molecule has 0 aromatic rings. The molecule has 1 aliphatic heterocycles. The minimum atomic E-state index is -2.85. The maximum Gasteiger partial charge on any atom is 0.191 e. The summed E-state index contributed by atoms with van der Waals surface area (Å²) >= 11 is 0. The summed E-state index contributed by atoms with van der Waals surface area (Å²) in [5.41, 5.74) is 0. The van der Waals surface area contributed by atoms with Crippen LogP contribution in [0.3, 0.4) is 0 Å². The SMILES string of the molecule is CN=C(NCCN(C)C1CCCCC1)NC1CCS(=O)(=O)C1.I. The maximum absolute atomic E-state index is 11.5. The van der Waals surface area contributed by atoms with Gasteiger partial charge in [-0.15, -0.1) is 24.0 Å². The Hall–Kier alpha value is -0.0900. The van der Waals surface area contributed by atoms with Crippen molar-refractivity contribution in [2.75, 3.05) is 38.7 Å². The van der Waals surface area contributed by atoms with Gasteiger partial charge >= 0.3 is 0 Å². The lowest BCUT2D eigenvalue weighted by Gasteiger charge is -2.31. The van der Waals surface area contributed by atoms with Gasteiger partial charge in [-0.1, -0.05) is 19.3 Å². The maximum atomic E-state index is 11.5. The van der Waals surface area contributed by atoms with Gasteiger partial charge in [-0.05, 0) is 26.3 Å². The normalized spacial score (nSPS) is 25.2. The number of guanidine groups is 1. The van der Waals surface area contributed by atoms with Crippen molar-refractivity contribution in [3.05, 3.63) is 0 Å². The lowest BCUT2D eigenvalue weighted by atomic mass is 9.94. The van der Waals surface area contributed by atoms with E-state index in [0.29, 0.717) is 18.4 Å². The molecule has 1 aliphatic carbocycles. The highest BCUT2D eigenvalue weighted by Gasteiger charge is 2.28. The Morgan fingerprint density at radius 2 is 1.91 bits per heavy atom. The Kier molecular flexibility index (Phi) is 9.13. The largest absolute Gasteiger partial charge is 0.355 e. The van der Waals surface area contributed by atoms with E-state index in [1.807, 2.05) is 0 Å². The molecule has 1 saturated heterocycles. The average Bonchev–Trinajstić information content (AvgIpc) is 2.85. The second-order valence-corrected chi connectivity index (χ2v) is 8.74. The highest BCUT2D eigenvalue weighted by molar-refractivity contribution is 14.0. The zero-order valence-corrected chi connectivity index (χ0v) is 17.4. The van der Waals surface area contributed by atoms with Crippen LogP contribution in [0.5, 0.6) is 0 Å². The standard InChI is InChI=1S/C15H30N4O2S.HI/c1-16-15(18-13-8-11-22(20,21)12-13)17-9-10-19(2)14-6-4-3-5-7-14;/h13-14H,3-12H2,1-2H3,(H2,16,17,18);1H. The fourth-order valence-corrected chi connectivity index (χ4v) is 5.03. The van der Waals surface area contributed by atoms with Gasteiger partial charge in [-0.3, -0.25) is 4.99 Å². The van der Waals surface area contributed by atoms with Gasteiger partial charge in [-0.25, -0.2) is 8.42 Å². The molecule has 0 radical (unpaired) electrons. The molecule has 1 saturated carbocycles. The van der Waals surface area contributed by atoms with E-state index < -0.39 is 9.84 Å². The number of rotatable bonds is 5. The number of sulfone groups is 1. The zero-order chi connectivity index (χ0) is 16.0. The summed E-state index contributed by atoms with van der Waals surface area (Å²) in [6.45, 7) is 1.81. The average molecular weight is 458 g/mol. The Morgan fingerprint density at radius 1 is 1.22 bits per heavy atom. The first-order valence-electron chi connectivity index (χ1n) is 8.38. The minimum absolute atomic E-state index is 0. The summed E-state index contributed by atoms with van der Waals surface area (Å²) in [4.78, 5) is 6.62. The fraction of sp³-hybridized carbons (Fsp3) is 0.933. The van der Waals surface area contributed by atoms with E-state index in [2.05, 4.69) is 27.6 Å². The van der Waals surface area contributed by atoms with E-state index in [1.54, 1.807) is 7.05 Å². The van der Waals surface area contributed by atoms with Gasteiger partial charge in [0.15, 0.2) is 15.8 Å². The van der Waals surface area contributed by atoms with Crippen LogP contribution in [-0.2, 0) is 9.84 Å². The molecule has 2 N–H and O–H groups in total. The van der Waals surface area contributed by atoms with Gasteiger partial charge in [0.1, 0.15) is 0 Å². The molecule has 0 bridgehead atoms. The zero-order valence-electron chi connectivity index (χ0n) is 14.3. The van der Waals surface area contributed by atoms with Crippen LogP contribution in [0.2, 0.25) is 0 Å². The third-order valence-electron chi connectivity index (χ3n) is 4.75. The molecule has 2 rings (SSSR count). The van der Waals surface area contributed by atoms with E-state index in [1.165, 1.54) is 32.1 Å². The summed E-state index contributed by atoms with van der Waals surface area (Å²) in [6.07, 6.45) is 7.37. The molecule has 1 atom stereocenters. The molecule has 8 heteroatoms. The number of halogens is 1. The molecule has 23 heavy (non-hydrogen) atoms. The van der Waals surface area contributed by atoms with Gasteiger partial charge < -0.3 is 15.5 Å². The van der Waals surface area contributed by atoms with E-state index in [4.69, 9.17) is 0 Å². The van der Waals surface area contributed by atoms with Crippen molar-refractivity contribution in [3.63, 3.8) is 0 Å². The highest BCUT2D eigenvalue weighted by atomic mass is 127. The number of nitrogens with zero attached hydrogens (tertiary/aromatic N) is 2. The van der Waals surface area contributed by atoms with Gasteiger partial charge in [0.05, 0.1) is 11.5 Å². The van der Waals surface area contributed by atoms with Crippen molar-refractivity contribution < 1.29 is 8.42 Å². The number of hydrogen-bond acceptors (Lipinski definition) is 4. The third-order valence-corrected chi connectivity index (χ3v) is 6.52. The molecule has 0 aromatic carbocycles. The van der Waals surface area contributed by atoms with Crippen LogP contribution in [0.4, 0.5) is 0 Å². The summed E-state index contributed by atoms with van der Waals surface area (Å²) in [5.74, 6) is 1.21. The summed E-state index contributed by atoms with van der Waals surface area (Å²) in [5, 5.41) is 6.51. The van der Waals surface area contributed by atoms with Crippen molar-refractivity contribution >= 4 is 39.8 Å². The van der Waals surface area contributed by atoms with Gasteiger partial charge in [0.25, 0.3) is 0 Å². The first-order valence-corrected chi connectivity index (χ1v) is 10.2. The molecule has 2 aliphatic rings. The molecule has 0 amide bonds. The lowest BCUT2D eigenvalue weighted by Crippen LogP contribution is -2.46. The Balaban J connectivity index is 0.00000264. The summed E-state index contributed by atoms with van der Waals surface area (Å²) < 4.78 is 23.0. The smallest absolute Gasteiger partial charge is 0.191 e. The van der Waals surface area contributed by atoms with Crippen molar-refractivity contribution in [2.24, 2.45) is 4.99 Å². The molecule has 6 nitrogen and oxygen atoms in total. The van der Waals surface area contributed by atoms with E-state index in [9.17, 15) is 8.42 Å². The van der Waals surface area contributed by atoms with E-state index in [0.717, 1.165) is 13.1 Å². The topological polar surface area (TPSA) is 73.8 Å². The Bertz CT molecular complexity index is 478. The molecular formula is C15H31IN4O2S. The molecular weight excluding hydrogens is 427 g/mol. The predicted molar refractivity (Wildman–Crippen MR) is 106 cm³/mol. The molecule has 0 spiro atoms. The van der Waals surface area contributed by atoms with E-state index in [-0.39, 0.29) is 41.5 Å². The number of hydrogen-bond donors (Lipinski definition) is 2. The summed E-state index contributed by atoms with van der Waals surface area (Å²) in [6, 6.07) is 0.706. The second-order valence-electron chi connectivity index (χ2n) is 6.52. The quantitative estimate of drug-likeness (QED) is 0.368. The summed E-state index contributed by atoms with van der Waals surface area (Å²) in [7, 11) is 1.07. The fourth-order valence-electron chi connectivity index (χ4n) is 3.35.